The summed E-state index contributed by atoms with van der Waals surface area (Å²) in [6, 6.07) is 1.58. The van der Waals surface area contributed by atoms with Gasteiger partial charge < -0.3 is 20.5 Å². The molecule has 2 amide bonds. The number of amides is 2. The van der Waals surface area contributed by atoms with Crippen molar-refractivity contribution in [3.8, 4) is 0 Å². The molecule has 0 aliphatic carbocycles. The molecule has 0 aliphatic heterocycles. The van der Waals surface area contributed by atoms with Gasteiger partial charge in [0.05, 0.1) is 18.4 Å². The Morgan fingerprint density at radius 2 is 2.24 bits per heavy atom. The first-order chi connectivity index (χ1) is 9.88. The Bertz CT molecular complexity index is 655. The Morgan fingerprint density at radius 1 is 1.52 bits per heavy atom. The molecular weight excluding hydrogens is 276 g/mol. The average molecular weight is 292 g/mol. The van der Waals surface area contributed by atoms with Crippen molar-refractivity contribution in [3.63, 3.8) is 0 Å². The van der Waals surface area contributed by atoms with Crippen LogP contribution in [0.5, 0.6) is 0 Å². The lowest BCUT2D eigenvalue weighted by Gasteiger charge is -2.16. The molecular formula is C12H16N6O3. The lowest BCUT2D eigenvalue weighted by atomic mass is 10.3. The molecule has 0 atom stereocenters. The van der Waals surface area contributed by atoms with Gasteiger partial charge in [-0.1, -0.05) is 5.16 Å². The molecule has 9 heteroatoms. The van der Waals surface area contributed by atoms with Crippen molar-refractivity contribution in [1.29, 1.82) is 0 Å². The highest BCUT2D eigenvalue weighted by atomic mass is 16.5. The van der Waals surface area contributed by atoms with E-state index in [1.807, 2.05) is 0 Å². The van der Waals surface area contributed by atoms with Crippen LogP contribution in [-0.4, -0.2) is 45.2 Å². The van der Waals surface area contributed by atoms with E-state index in [-0.39, 0.29) is 29.7 Å². The van der Waals surface area contributed by atoms with Crippen molar-refractivity contribution in [2.75, 3.05) is 24.6 Å². The van der Waals surface area contributed by atoms with Crippen LogP contribution in [0.1, 0.15) is 16.2 Å². The van der Waals surface area contributed by atoms with Gasteiger partial charge in [-0.25, -0.2) is 0 Å². The first-order valence-corrected chi connectivity index (χ1v) is 6.14. The Labute approximate surface area is 120 Å². The minimum Gasteiger partial charge on any atom is -0.396 e. The van der Waals surface area contributed by atoms with E-state index in [9.17, 15) is 9.59 Å². The maximum atomic E-state index is 12.2. The summed E-state index contributed by atoms with van der Waals surface area (Å²) in [5.41, 5.74) is 6.19. The molecule has 0 saturated heterocycles. The number of aromatic nitrogens is 3. The molecule has 0 unspecified atom stereocenters. The number of nitrogen functional groups attached to an aromatic ring is 1. The van der Waals surface area contributed by atoms with E-state index in [0.29, 0.717) is 11.6 Å². The van der Waals surface area contributed by atoms with Gasteiger partial charge in [0.25, 0.3) is 5.91 Å². The second-order valence-electron chi connectivity index (χ2n) is 4.60. The minimum absolute atomic E-state index is 0.143. The summed E-state index contributed by atoms with van der Waals surface area (Å²) in [5.74, 6) is 0.106. The SMILES string of the molecule is Cc1cc(NC(=O)CN(C)C(=O)c2c(N)cnn2C)no1. The molecule has 0 fully saturated rings. The number of nitrogens with zero attached hydrogens (tertiary/aromatic N) is 4. The standard InChI is InChI=1S/C12H16N6O3/c1-7-4-9(16-21-7)15-10(19)6-17(2)12(20)11-8(13)5-14-18(11)3/h4-5H,6,13H2,1-3H3,(H,15,16,19). The number of rotatable bonds is 4. The van der Waals surface area contributed by atoms with Gasteiger partial charge in [0.2, 0.25) is 5.91 Å². The van der Waals surface area contributed by atoms with Crippen LogP contribution >= 0.6 is 0 Å². The number of carbonyl (C=O) groups is 2. The highest BCUT2D eigenvalue weighted by Gasteiger charge is 2.21. The number of nitrogens with one attached hydrogen (secondary N) is 1. The molecule has 0 spiro atoms. The van der Waals surface area contributed by atoms with Crippen molar-refractivity contribution in [1.82, 2.24) is 19.8 Å². The summed E-state index contributed by atoms with van der Waals surface area (Å²) in [6.07, 6.45) is 1.39. The fourth-order valence-corrected chi connectivity index (χ4v) is 1.79. The fraction of sp³-hybridized carbons (Fsp3) is 0.333. The number of hydrogen-bond donors (Lipinski definition) is 2. The number of nitrogens with two attached hydrogens (primary N) is 1. The first-order valence-electron chi connectivity index (χ1n) is 6.14. The topological polar surface area (TPSA) is 119 Å². The monoisotopic (exact) mass is 292 g/mol. The van der Waals surface area contributed by atoms with Gasteiger partial charge in [-0.05, 0) is 6.92 Å². The zero-order valence-electron chi connectivity index (χ0n) is 12.0. The van der Waals surface area contributed by atoms with E-state index in [0.717, 1.165) is 0 Å². The molecule has 2 heterocycles. The summed E-state index contributed by atoms with van der Waals surface area (Å²) >= 11 is 0. The lowest BCUT2D eigenvalue weighted by Crippen LogP contribution is -2.36. The third-order valence-corrected chi connectivity index (χ3v) is 2.79. The fourth-order valence-electron chi connectivity index (χ4n) is 1.79. The van der Waals surface area contributed by atoms with Crippen LogP contribution in [0, 0.1) is 6.92 Å². The number of carbonyl (C=O) groups excluding carboxylic acids is 2. The van der Waals surface area contributed by atoms with Crippen molar-refractivity contribution < 1.29 is 14.1 Å². The minimum atomic E-state index is -0.390. The molecule has 9 nitrogen and oxygen atoms in total. The maximum absolute atomic E-state index is 12.2. The number of likely N-dealkylation sites (N-methyl/N-ethyl adjacent to an activating group) is 1. The number of hydrogen-bond acceptors (Lipinski definition) is 6. The second-order valence-corrected chi connectivity index (χ2v) is 4.60. The Morgan fingerprint density at radius 3 is 2.76 bits per heavy atom. The van der Waals surface area contributed by atoms with Crippen molar-refractivity contribution in [2.24, 2.45) is 7.05 Å². The molecule has 2 aromatic rings. The van der Waals surface area contributed by atoms with E-state index in [4.69, 9.17) is 10.3 Å². The molecule has 2 aromatic heterocycles. The lowest BCUT2D eigenvalue weighted by molar-refractivity contribution is -0.116. The number of anilines is 2. The Balaban J connectivity index is 1.99. The largest absolute Gasteiger partial charge is 0.396 e. The van der Waals surface area contributed by atoms with E-state index in [2.05, 4.69) is 15.6 Å². The Hall–Kier alpha value is -2.84. The first kappa shape index (κ1) is 14.6. The normalized spacial score (nSPS) is 10.4. The van der Waals surface area contributed by atoms with Crippen LogP contribution in [0.4, 0.5) is 11.5 Å². The highest BCUT2D eigenvalue weighted by Crippen LogP contribution is 2.12. The van der Waals surface area contributed by atoms with E-state index < -0.39 is 0 Å². The van der Waals surface area contributed by atoms with Gasteiger partial charge in [0, 0.05) is 20.2 Å². The molecule has 0 aromatic carbocycles. The quantitative estimate of drug-likeness (QED) is 0.819. The highest BCUT2D eigenvalue weighted by molar-refractivity contribution is 6.00. The summed E-state index contributed by atoms with van der Waals surface area (Å²) in [7, 11) is 3.11. The van der Waals surface area contributed by atoms with E-state index >= 15 is 0 Å². The predicted molar refractivity (Wildman–Crippen MR) is 74.5 cm³/mol. The van der Waals surface area contributed by atoms with Gasteiger partial charge in [0.15, 0.2) is 5.82 Å². The second kappa shape index (κ2) is 5.65. The summed E-state index contributed by atoms with van der Waals surface area (Å²) in [4.78, 5) is 25.3. The van der Waals surface area contributed by atoms with Gasteiger partial charge in [-0.2, -0.15) is 5.10 Å². The third-order valence-electron chi connectivity index (χ3n) is 2.79. The zero-order valence-corrected chi connectivity index (χ0v) is 12.0. The Kier molecular flexibility index (Phi) is 3.92. The van der Waals surface area contributed by atoms with Crippen LogP contribution in [0.25, 0.3) is 0 Å². The van der Waals surface area contributed by atoms with Crippen LogP contribution < -0.4 is 11.1 Å². The van der Waals surface area contributed by atoms with Crippen molar-refractivity contribution in [2.45, 2.75) is 6.92 Å². The van der Waals surface area contributed by atoms with Crippen LogP contribution in [0.15, 0.2) is 16.8 Å². The van der Waals surface area contributed by atoms with Crippen LogP contribution in [0.2, 0.25) is 0 Å². The van der Waals surface area contributed by atoms with Gasteiger partial charge >= 0.3 is 0 Å². The molecule has 0 bridgehead atoms. The average Bonchev–Trinajstić information content (AvgIpc) is 2.95. The number of aryl methyl sites for hydroxylation is 2. The smallest absolute Gasteiger partial charge is 0.274 e. The van der Waals surface area contributed by atoms with Gasteiger partial charge in [-0.3, -0.25) is 14.3 Å². The molecule has 21 heavy (non-hydrogen) atoms. The summed E-state index contributed by atoms with van der Waals surface area (Å²) in [6.45, 7) is 1.57. The molecule has 112 valence electrons. The molecule has 0 aliphatic rings. The molecule has 2 rings (SSSR count). The van der Waals surface area contributed by atoms with E-state index in [1.54, 1.807) is 20.0 Å². The summed E-state index contributed by atoms with van der Waals surface area (Å²) < 4.78 is 6.20. The summed E-state index contributed by atoms with van der Waals surface area (Å²) in [5, 5.41) is 10.1. The van der Waals surface area contributed by atoms with Crippen LogP contribution in [0.3, 0.4) is 0 Å². The zero-order chi connectivity index (χ0) is 15.6. The maximum Gasteiger partial charge on any atom is 0.274 e. The van der Waals surface area contributed by atoms with Crippen LogP contribution in [-0.2, 0) is 11.8 Å². The molecule has 3 N–H and O–H groups in total. The van der Waals surface area contributed by atoms with Gasteiger partial charge in [-0.15, -0.1) is 0 Å². The van der Waals surface area contributed by atoms with E-state index in [1.165, 1.54) is 22.8 Å². The predicted octanol–water partition coefficient (Wildman–Crippen LogP) is 0.00942. The third kappa shape index (κ3) is 3.19. The molecule has 0 saturated carbocycles. The molecule has 0 radical (unpaired) electrons. The van der Waals surface area contributed by atoms with Crippen molar-refractivity contribution in [3.05, 3.63) is 23.7 Å². The van der Waals surface area contributed by atoms with Gasteiger partial charge in [0.1, 0.15) is 11.5 Å². The van der Waals surface area contributed by atoms with Crippen molar-refractivity contribution >= 4 is 23.3 Å².